The first kappa shape index (κ1) is 15.1. The largest absolute Gasteiger partial charge is 0.493 e. The summed E-state index contributed by atoms with van der Waals surface area (Å²) in [5.74, 6) is 1.29. The number of benzene rings is 1. The van der Waals surface area contributed by atoms with Gasteiger partial charge in [-0.1, -0.05) is 0 Å². The highest BCUT2D eigenvalue weighted by atomic mass is 32.2. The quantitative estimate of drug-likeness (QED) is 0.862. The van der Waals surface area contributed by atoms with Crippen LogP contribution in [-0.2, 0) is 17.3 Å². The van der Waals surface area contributed by atoms with Gasteiger partial charge in [0.15, 0.2) is 16.3 Å². The molecule has 1 N–H and O–H groups in total. The van der Waals surface area contributed by atoms with E-state index < -0.39 is 10.8 Å². The van der Waals surface area contributed by atoms with E-state index in [4.69, 9.17) is 21.7 Å². The average Bonchev–Trinajstić information content (AvgIpc) is 2.72. The predicted octanol–water partition coefficient (Wildman–Crippen LogP) is 2.48. The van der Waals surface area contributed by atoms with Gasteiger partial charge in [-0.3, -0.25) is 4.21 Å². The molecule has 0 aliphatic heterocycles. The average molecular weight is 314 g/mol. The molecule has 2 atom stereocenters. The fourth-order valence-corrected chi connectivity index (χ4v) is 2.67. The van der Waals surface area contributed by atoms with E-state index in [0.29, 0.717) is 22.8 Å². The Morgan fingerprint density at radius 2 is 1.95 bits per heavy atom. The number of hydrogen-bond donors (Lipinski definition) is 1. The van der Waals surface area contributed by atoms with Gasteiger partial charge < -0.3 is 19.0 Å². The van der Waals surface area contributed by atoms with Crippen LogP contribution in [0.1, 0.15) is 6.92 Å². The van der Waals surface area contributed by atoms with E-state index in [-0.39, 0.29) is 5.25 Å². The molecule has 1 aromatic heterocycles. The van der Waals surface area contributed by atoms with E-state index in [9.17, 15) is 4.21 Å². The summed E-state index contributed by atoms with van der Waals surface area (Å²) in [6.07, 6.45) is 1.70. The number of aromatic amines is 1. The molecule has 1 heterocycles. The lowest BCUT2D eigenvalue weighted by atomic mass is 10.2. The maximum atomic E-state index is 11.5. The molecular formula is C13H18N2O3S2. The Morgan fingerprint density at radius 1 is 1.35 bits per heavy atom. The predicted molar refractivity (Wildman–Crippen MR) is 83.8 cm³/mol. The number of nitrogens with zero attached hydrogens (tertiary/aromatic N) is 1. The zero-order valence-corrected chi connectivity index (χ0v) is 13.6. The molecule has 0 fully saturated rings. The van der Waals surface area contributed by atoms with Crippen LogP contribution in [-0.4, -0.2) is 39.5 Å². The van der Waals surface area contributed by atoms with Gasteiger partial charge in [0.2, 0.25) is 0 Å². The molecule has 0 saturated carbocycles. The third-order valence-corrected chi connectivity index (χ3v) is 4.89. The van der Waals surface area contributed by atoms with E-state index in [0.717, 1.165) is 11.0 Å². The number of H-pyrrole nitrogens is 1. The molecule has 2 aromatic rings. The van der Waals surface area contributed by atoms with Crippen LogP contribution in [0.15, 0.2) is 12.1 Å². The van der Waals surface area contributed by atoms with Crippen molar-refractivity contribution in [2.75, 3.05) is 20.5 Å². The van der Waals surface area contributed by atoms with Crippen LogP contribution in [0.4, 0.5) is 0 Å². The van der Waals surface area contributed by atoms with Crippen molar-refractivity contribution in [2.45, 2.75) is 18.7 Å². The van der Waals surface area contributed by atoms with Crippen molar-refractivity contribution < 1.29 is 13.7 Å². The Kier molecular flexibility index (Phi) is 4.49. The van der Waals surface area contributed by atoms with Gasteiger partial charge in [0.05, 0.1) is 25.3 Å². The Labute approximate surface area is 125 Å². The van der Waals surface area contributed by atoms with Gasteiger partial charge >= 0.3 is 0 Å². The minimum Gasteiger partial charge on any atom is -0.493 e. The molecule has 0 aliphatic rings. The Bertz CT molecular complexity index is 705. The zero-order chi connectivity index (χ0) is 14.9. The first-order chi connectivity index (χ1) is 9.47. The monoisotopic (exact) mass is 314 g/mol. The second-order valence-electron chi connectivity index (χ2n) is 4.57. The first-order valence-corrected chi connectivity index (χ1v) is 8.17. The van der Waals surface area contributed by atoms with Crippen molar-refractivity contribution in [3.05, 3.63) is 16.9 Å². The molecule has 0 bridgehead atoms. The standard InChI is InChI=1S/C13H18N2O3S2/c1-8(20(4)16)7-15-10-6-12(18-3)11(17-2)5-9(10)14-13(15)19/h5-6,8H,7H2,1-4H3,(H,14,19). The zero-order valence-electron chi connectivity index (χ0n) is 11.9. The molecule has 5 nitrogen and oxygen atoms in total. The molecule has 1 aromatic carbocycles. The Balaban J connectivity index is 2.58. The Morgan fingerprint density at radius 3 is 2.50 bits per heavy atom. The molecule has 20 heavy (non-hydrogen) atoms. The summed E-state index contributed by atoms with van der Waals surface area (Å²) in [7, 11) is 2.29. The minimum atomic E-state index is -0.896. The summed E-state index contributed by atoms with van der Waals surface area (Å²) in [5, 5.41) is 0.0220. The van der Waals surface area contributed by atoms with E-state index >= 15 is 0 Å². The van der Waals surface area contributed by atoms with Crippen LogP contribution in [0.25, 0.3) is 11.0 Å². The smallest absolute Gasteiger partial charge is 0.178 e. The fraction of sp³-hybridized carbons (Fsp3) is 0.462. The van der Waals surface area contributed by atoms with Crippen LogP contribution in [0.2, 0.25) is 0 Å². The SMILES string of the molecule is COc1cc2[nH]c(=S)n(CC(C)S(C)=O)c2cc1OC. The normalized spacial score (nSPS) is 14.2. The lowest BCUT2D eigenvalue weighted by Gasteiger charge is -2.12. The van der Waals surface area contributed by atoms with Gasteiger partial charge in [-0.25, -0.2) is 0 Å². The summed E-state index contributed by atoms with van der Waals surface area (Å²) in [5.41, 5.74) is 1.80. The molecule has 0 amide bonds. The van der Waals surface area contributed by atoms with Gasteiger partial charge in [0, 0.05) is 41.0 Å². The van der Waals surface area contributed by atoms with Crippen LogP contribution in [0, 0.1) is 4.77 Å². The van der Waals surface area contributed by atoms with Crippen molar-refractivity contribution in [1.82, 2.24) is 9.55 Å². The topological polar surface area (TPSA) is 56.2 Å². The van der Waals surface area contributed by atoms with Gasteiger partial charge in [-0.15, -0.1) is 0 Å². The number of nitrogens with one attached hydrogen (secondary N) is 1. The number of ether oxygens (including phenoxy) is 2. The van der Waals surface area contributed by atoms with Crippen molar-refractivity contribution in [3.63, 3.8) is 0 Å². The van der Waals surface area contributed by atoms with E-state index in [2.05, 4.69) is 4.98 Å². The number of aromatic nitrogens is 2. The minimum absolute atomic E-state index is 0.0220. The van der Waals surface area contributed by atoms with Gasteiger partial charge in [0.1, 0.15) is 0 Å². The van der Waals surface area contributed by atoms with Crippen molar-refractivity contribution in [3.8, 4) is 11.5 Å². The highest BCUT2D eigenvalue weighted by Crippen LogP contribution is 2.32. The van der Waals surface area contributed by atoms with Gasteiger partial charge in [-0.05, 0) is 19.1 Å². The molecule has 2 rings (SSSR count). The molecule has 110 valence electrons. The van der Waals surface area contributed by atoms with Crippen LogP contribution >= 0.6 is 12.2 Å². The van der Waals surface area contributed by atoms with Crippen LogP contribution in [0.5, 0.6) is 11.5 Å². The number of imidazole rings is 1. The maximum Gasteiger partial charge on any atom is 0.178 e. The fourth-order valence-electron chi connectivity index (χ4n) is 2.03. The molecule has 7 heteroatoms. The third kappa shape index (κ3) is 2.73. The van der Waals surface area contributed by atoms with Crippen molar-refractivity contribution in [1.29, 1.82) is 0 Å². The molecule has 0 saturated heterocycles. The van der Waals surface area contributed by atoms with Crippen molar-refractivity contribution in [2.24, 2.45) is 0 Å². The van der Waals surface area contributed by atoms with Crippen LogP contribution < -0.4 is 9.47 Å². The van der Waals surface area contributed by atoms with E-state index in [1.807, 2.05) is 23.6 Å². The Hall–Kier alpha value is -1.34. The molecular weight excluding hydrogens is 296 g/mol. The molecule has 0 aliphatic carbocycles. The molecule has 0 radical (unpaired) electrons. The first-order valence-electron chi connectivity index (χ1n) is 6.14. The summed E-state index contributed by atoms with van der Waals surface area (Å²) >= 11 is 5.34. The number of methoxy groups -OCH3 is 2. The second-order valence-corrected chi connectivity index (χ2v) is 6.76. The highest BCUT2D eigenvalue weighted by molar-refractivity contribution is 7.84. The number of rotatable bonds is 5. The molecule has 0 spiro atoms. The highest BCUT2D eigenvalue weighted by Gasteiger charge is 2.14. The van der Waals surface area contributed by atoms with Crippen molar-refractivity contribution >= 4 is 34.1 Å². The summed E-state index contributed by atoms with van der Waals surface area (Å²) < 4.78 is 24.7. The molecule has 2 unspecified atom stereocenters. The summed E-state index contributed by atoms with van der Waals surface area (Å²) in [6, 6.07) is 3.74. The number of hydrogen-bond acceptors (Lipinski definition) is 4. The summed E-state index contributed by atoms with van der Waals surface area (Å²) in [6.45, 7) is 2.54. The lowest BCUT2D eigenvalue weighted by Crippen LogP contribution is -2.17. The lowest BCUT2D eigenvalue weighted by molar-refractivity contribution is 0.355. The van der Waals surface area contributed by atoms with Gasteiger partial charge in [0.25, 0.3) is 0 Å². The van der Waals surface area contributed by atoms with E-state index in [1.165, 1.54) is 0 Å². The third-order valence-electron chi connectivity index (χ3n) is 3.29. The number of fused-ring (bicyclic) bond motifs is 1. The second kappa shape index (κ2) is 5.97. The van der Waals surface area contributed by atoms with E-state index in [1.54, 1.807) is 20.5 Å². The maximum absolute atomic E-state index is 11.5. The van der Waals surface area contributed by atoms with Gasteiger partial charge in [-0.2, -0.15) is 0 Å². The van der Waals surface area contributed by atoms with Crippen LogP contribution in [0.3, 0.4) is 0 Å². The summed E-state index contributed by atoms with van der Waals surface area (Å²) in [4.78, 5) is 3.14.